The lowest BCUT2D eigenvalue weighted by Crippen LogP contribution is -2.36. The molecular weight excluding hydrogens is 200 g/mol. The summed E-state index contributed by atoms with van der Waals surface area (Å²) in [6.45, 7) is 2.54. The number of ether oxygens (including phenoxy) is 1. The normalized spacial score (nSPS) is 28.6. The summed E-state index contributed by atoms with van der Waals surface area (Å²) in [5, 5.41) is 9.31. The standard InChI is InChI=1S/C14H20O2/c1-3-10-8-12(9-15)14(10)11-4-6-13(16-2)7-5-11/h4-7,10,12,14-15H,3,8-9H2,1-2H3/t10-,12+,14?/m0/s1. The van der Waals surface area contributed by atoms with Crippen LogP contribution in [0.3, 0.4) is 0 Å². The third-order valence-corrected chi connectivity index (χ3v) is 3.88. The number of hydrogen-bond donors (Lipinski definition) is 1. The van der Waals surface area contributed by atoms with Crippen molar-refractivity contribution >= 4 is 0 Å². The van der Waals surface area contributed by atoms with Crippen LogP contribution >= 0.6 is 0 Å². The molecule has 0 heterocycles. The van der Waals surface area contributed by atoms with Crippen LogP contribution in [0.1, 0.15) is 31.2 Å². The van der Waals surface area contributed by atoms with Crippen molar-refractivity contribution in [3.05, 3.63) is 29.8 Å². The van der Waals surface area contributed by atoms with Crippen molar-refractivity contribution in [2.75, 3.05) is 13.7 Å². The van der Waals surface area contributed by atoms with Crippen LogP contribution in [0.25, 0.3) is 0 Å². The Hall–Kier alpha value is -1.02. The summed E-state index contributed by atoms with van der Waals surface area (Å²) in [6, 6.07) is 8.28. The van der Waals surface area contributed by atoms with Crippen molar-refractivity contribution in [1.29, 1.82) is 0 Å². The van der Waals surface area contributed by atoms with E-state index in [0.29, 0.717) is 18.4 Å². The first-order valence-corrected chi connectivity index (χ1v) is 6.05. The average Bonchev–Trinajstić information content (AvgIpc) is 2.30. The summed E-state index contributed by atoms with van der Waals surface area (Å²) in [5.74, 6) is 2.64. The van der Waals surface area contributed by atoms with Gasteiger partial charge in [-0.1, -0.05) is 25.5 Å². The number of aliphatic hydroxyl groups is 1. The first kappa shape index (κ1) is 11.5. The molecule has 2 heteroatoms. The van der Waals surface area contributed by atoms with E-state index in [0.717, 1.165) is 11.7 Å². The highest BCUT2D eigenvalue weighted by molar-refractivity contribution is 5.31. The van der Waals surface area contributed by atoms with Crippen LogP contribution in [0.4, 0.5) is 0 Å². The van der Waals surface area contributed by atoms with E-state index in [1.165, 1.54) is 18.4 Å². The van der Waals surface area contributed by atoms with Crippen LogP contribution in [0.2, 0.25) is 0 Å². The van der Waals surface area contributed by atoms with E-state index in [4.69, 9.17) is 4.74 Å². The second-order valence-corrected chi connectivity index (χ2v) is 4.65. The molecule has 2 rings (SSSR count). The Morgan fingerprint density at radius 2 is 1.94 bits per heavy atom. The Kier molecular flexibility index (Phi) is 3.49. The van der Waals surface area contributed by atoms with E-state index in [-0.39, 0.29) is 0 Å². The minimum atomic E-state index is 0.313. The Balaban J connectivity index is 2.14. The Bertz CT molecular complexity index is 321. The summed E-state index contributed by atoms with van der Waals surface area (Å²) < 4.78 is 5.16. The molecule has 88 valence electrons. The molecule has 1 aromatic carbocycles. The van der Waals surface area contributed by atoms with Gasteiger partial charge < -0.3 is 9.84 Å². The van der Waals surface area contributed by atoms with E-state index in [2.05, 4.69) is 19.1 Å². The summed E-state index contributed by atoms with van der Waals surface area (Å²) in [6.07, 6.45) is 2.37. The van der Waals surface area contributed by atoms with Gasteiger partial charge in [-0.15, -0.1) is 0 Å². The molecule has 1 aromatic rings. The molecule has 16 heavy (non-hydrogen) atoms. The average molecular weight is 220 g/mol. The number of hydrogen-bond acceptors (Lipinski definition) is 2. The molecule has 0 saturated heterocycles. The zero-order valence-corrected chi connectivity index (χ0v) is 10.0. The van der Waals surface area contributed by atoms with E-state index < -0.39 is 0 Å². The zero-order chi connectivity index (χ0) is 11.5. The van der Waals surface area contributed by atoms with Crippen molar-refractivity contribution in [3.63, 3.8) is 0 Å². The lowest BCUT2D eigenvalue weighted by molar-refractivity contribution is 0.0707. The molecule has 0 amide bonds. The molecule has 1 fully saturated rings. The van der Waals surface area contributed by atoms with E-state index in [9.17, 15) is 5.11 Å². The molecule has 1 saturated carbocycles. The van der Waals surface area contributed by atoms with Crippen LogP contribution in [0.5, 0.6) is 5.75 Å². The molecule has 1 N–H and O–H groups in total. The number of aliphatic hydroxyl groups excluding tert-OH is 1. The van der Waals surface area contributed by atoms with E-state index in [1.807, 2.05) is 12.1 Å². The van der Waals surface area contributed by atoms with Crippen LogP contribution in [-0.4, -0.2) is 18.8 Å². The minimum absolute atomic E-state index is 0.313. The molecule has 1 aliphatic carbocycles. The number of rotatable bonds is 4. The maximum absolute atomic E-state index is 9.31. The lowest BCUT2D eigenvalue weighted by Gasteiger charge is -2.44. The molecular formula is C14H20O2. The van der Waals surface area contributed by atoms with Gasteiger partial charge in [0.2, 0.25) is 0 Å². The van der Waals surface area contributed by atoms with Crippen molar-refractivity contribution in [3.8, 4) is 5.75 Å². The summed E-state index contributed by atoms with van der Waals surface area (Å²) in [5.41, 5.74) is 1.35. The summed E-state index contributed by atoms with van der Waals surface area (Å²) in [7, 11) is 1.68. The Morgan fingerprint density at radius 3 is 2.44 bits per heavy atom. The number of benzene rings is 1. The fraction of sp³-hybridized carbons (Fsp3) is 0.571. The SMILES string of the molecule is CC[C@H]1C[C@H](CO)C1c1ccc(OC)cc1. The highest BCUT2D eigenvalue weighted by atomic mass is 16.5. The Morgan fingerprint density at radius 1 is 1.25 bits per heavy atom. The minimum Gasteiger partial charge on any atom is -0.497 e. The largest absolute Gasteiger partial charge is 0.497 e. The molecule has 3 atom stereocenters. The van der Waals surface area contributed by atoms with Crippen molar-refractivity contribution < 1.29 is 9.84 Å². The topological polar surface area (TPSA) is 29.5 Å². The zero-order valence-electron chi connectivity index (χ0n) is 10.0. The van der Waals surface area contributed by atoms with Gasteiger partial charge in [-0.2, -0.15) is 0 Å². The highest BCUT2D eigenvalue weighted by Crippen LogP contribution is 2.49. The van der Waals surface area contributed by atoms with Crippen molar-refractivity contribution in [1.82, 2.24) is 0 Å². The van der Waals surface area contributed by atoms with Crippen LogP contribution in [0.15, 0.2) is 24.3 Å². The predicted octanol–water partition coefficient (Wildman–Crippen LogP) is 2.82. The molecule has 2 nitrogen and oxygen atoms in total. The van der Waals surface area contributed by atoms with E-state index in [1.54, 1.807) is 7.11 Å². The molecule has 0 bridgehead atoms. The second-order valence-electron chi connectivity index (χ2n) is 4.65. The van der Waals surface area contributed by atoms with Crippen LogP contribution in [0, 0.1) is 11.8 Å². The molecule has 0 radical (unpaired) electrons. The summed E-state index contributed by atoms with van der Waals surface area (Å²) in [4.78, 5) is 0. The Labute approximate surface area is 97.3 Å². The maximum atomic E-state index is 9.31. The van der Waals surface area contributed by atoms with Gasteiger partial charge in [0.05, 0.1) is 7.11 Å². The van der Waals surface area contributed by atoms with Gasteiger partial charge in [0.15, 0.2) is 0 Å². The van der Waals surface area contributed by atoms with Gasteiger partial charge in [0.1, 0.15) is 5.75 Å². The van der Waals surface area contributed by atoms with Crippen molar-refractivity contribution in [2.45, 2.75) is 25.7 Å². The smallest absolute Gasteiger partial charge is 0.118 e. The van der Waals surface area contributed by atoms with Gasteiger partial charge >= 0.3 is 0 Å². The molecule has 0 spiro atoms. The lowest BCUT2D eigenvalue weighted by atomic mass is 9.61. The third-order valence-electron chi connectivity index (χ3n) is 3.88. The van der Waals surface area contributed by atoms with Gasteiger partial charge in [-0.3, -0.25) is 0 Å². The second kappa shape index (κ2) is 4.88. The van der Waals surface area contributed by atoms with Gasteiger partial charge in [-0.05, 0) is 41.9 Å². The van der Waals surface area contributed by atoms with Gasteiger partial charge in [-0.25, -0.2) is 0 Å². The number of methoxy groups -OCH3 is 1. The van der Waals surface area contributed by atoms with Gasteiger partial charge in [0.25, 0.3) is 0 Å². The molecule has 1 aliphatic rings. The first-order valence-electron chi connectivity index (χ1n) is 6.05. The fourth-order valence-electron chi connectivity index (χ4n) is 2.85. The predicted molar refractivity (Wildman–Crippen MR) is 64.7 cm³/mol. The summed E-state index contributed by atoms with van der Waals surface area (Å²) >= 11 is 0. The fourth-order valence-corrected chi connectivity index (χ4v) is 2.85. The third kappa shape index (κ3) is 1.94. The molecule has 1 unspecified atom stereocenters. The van der Waals surface area contributed by atoms with Gasteiger partial charge in [0, 0.05) is 6.61 Å². The molecule has 0 aromatic heterocycles. The monoisotopic (exact) mass is 220 g/mol. The van der Waals surface area contributed by atoms with Crippen molar-refractivity contribution in [2.24, 2.45) is 11.8 Å². The van der Waals surface area contributed by atoms with Crippen LogP contribution in [-0.2, 0) is 0 Å². The van der Waals surface area contributed by atoms with Crippen LogP contribution < -0.4 is 4.74 Å². The highest BCUT2D eigenvalue weighted by Gasteiger charge is 2.39. The van der Waals surface area contributed by atoms with E-state index >= 15 is 0 Å². The quantitative estimate of drug-likeness (QED) is 0.845. The first-order chi connectivity index (χ1) is 7.80. The maximum Gasteiger partial charge on any atom is 0.118 e. The molecule has 0 aliphatic heterocycles.